The Morgan fingerprint density at radius 1 is 1.17 bits per heavy atom. The molecule has 2 atom stereocenters. The molecule has 0 radical (unpaired) electrons. The second-order valence-corrected chi connectivity index (χ2v) is 8.73. The van der Waals surface area contributed by atoms with Gasteiger partial charge in [-0.3, -0.25) is 14.2 Å². The number of para-hydroxylation sites is 1. The normalized spacial score (nSPS) is 20.1. The molecule has 1 amide bonds. The van der Waals surface area contributed by atoms with Gasteiger partial charge in [-0.15, -0.1) is 0 Å². The van der Waals surface area contributed by atoms with Crippen molar-refractivity contribution in [3.63, 3.8) is 0 Å². The van der Waals surface area contributed by atoms with Crippen LogP contribution in [0.2, 0.25) is 0 Å². The molecule has 3 rings (SSSR count). The summed E-state index contributed by atoms with van der Waals surface area (Å²) in [6.07, 6.45) is 5.27. The van der Waals surface area contributed by atoms with Crippen LogP contribution in [0.5, 0.6) is 0 Å². The minimum Gasteiger partial charge on any atom is -0.356 e. The summed E-state index contributed by atoms with van der Waals surface area (Å²) in [5, 5.41) is 3.59. The molecule has 1 saturated heterocycles. The minimum absolute atomic E-state index is 0.0125. The van der Waals surface area contributed by atoms with Crippen molar-refractivity contribution in [1.82, 2.24) is 19.8 Å². The molecular formula is C23H34N4O2. The fourth-order valence-electron chi connectivity index (χ4n) is 4.47. The first-order valence-corrected chi connectivity index (χ1v) is 10.9. The maximum absolute atomic E-state index is 12.6. The number of unbranched alkanes of at least 4 members (excludes halogenated alkanes) is 1. The maximum atomic E-state index is 12.6. The fraction of sp³-hybridized carbons (Fsp3) is 0.609. The van der Waals surface area contributed by atoms with Crippen LogP contribution in [0.3, 0.4) is 0 Å². The number of amides is 1. The monoisotopic (exact) mass is 398 g/mol. The van der Waals surface area contributed by atoms with Gasteiger partial charge in [-0.2, -0.15) is 0 Å². The van der Waals surface area contributed by atoms with Gasteiger partial charge in [0.25, 0.3) is 5.56 Å². The van der Waals surface area contributed by atoms with Crippen LogP contribution in [0.25, 0.3) is 10.9 Å². The Kier molecular flexibility index (Phi) is 7.42. The van der Waals surface area contributed by atoms with Crippen molar-refractivity contribution in [1.29, 1.82) is 0 Å². The number of likely N-dealkylation sites (tertiary alicyclic amines) is 1. The Bertz CT molecular complexity index is 882. The highest BCUT2D eigenvalue weighted by molar-refractivity contribution is 5.80. The molecule has 6 heteroatoms. The molecule has 0 aliphatic carbocycles. The molecule has 0 spiro atoms. The number of aromatic nitrogens is 2. The van der Waals surface area contributed by atoms with Gasteiger partial charge >= 0.3 is 0 Å². The standard InChI is InChI=1S/C23H34N4O2/c1-17-13-18(2)15-26(14-17)11-5-4-10-24-21(28)9-12-27-16-25-22-19(3)7-6-8-20(22)23(27)29/h6-8,16-18H,4-5,9-15H2,1-3H3,(H,24,28). The number of nitrogens with one attached hydrogen (secondary N) is 1. The third-order valence-electron chi connectivity index (χ3n) is 5.80. The van der Waals surface area contributed by atoms with E-state index in [0.29, 0.717) is 24.9 Å². The summed E-state index contributed by atoms with van der Waals surface area (Å²) in [4.78, 5) is 31.7. The second-order valence-electron chi connectivity index (χ2n) is 8.73. The van der Waals surface area contributed by atoms with E-state index in [4.69, 9.17) is 0 Å². The molecular weight excluding hydrogens is 364 g/mol. The lowest BCUT2D eigenvalue weighted by Crippen LogP contribution is -2.39. The van der Waals surface area contributed by atoms with Gasteiger partial charge in [0.2, 0.25) is 5.91 Å². The van der Waals surface area contributed by atoms with Gasteiger partial charge in [0.05, 0.1) is 17.2 Å². The third-order valence-corrected chi connectivity index (χ3v) is 5.80. The van der Waals surface area contributed by atoms with E-state index in [0.717, 1.165) is 42.3 Å². The highest BCUT2D eigenvalue weighted by Gasteiger charge is 2.20. The van der Waals surface area contributed by atoms with E-state index in [2.05, 4.69) is 29.0 Å². The molecule has 158 valence electrons. The predicted octanol–water partition coefficient (Wildman–Crippen LogP) is 2.97. The van der Waals surface area contributed by atoms with Crippen LogP contribution in [0.15, 0.2) is 29.3 Å². The van der Waals surface area contributed by atoms with Crippen molar-refractivity contribution < 1.29 is 4.79 Å². The lowest BCUT2D eigenvalue weighted by Gasteiger charge is -2.34. The first-order valence-electron chi connectivity index (χ1n) is 10.9. The van der Waals surface area contributed by atoms with E-state index in [1.165, 1.54) is 24.1 Å². The molecule has 1 aromatic carbocycles. The summed E-state index contributed by atoms with van der Waals surface area (Å²) in [5.41, 5.74) is 1.63. The summed E-state index contributed by atoms with van der Waals surface area (Å²) in [6, 6.07) is 5.60. The van der Waals surface area contributed by atoms with Gasteiger partial charge in [-0.05, 0) is 56.2 Å². The van der Waals surface area contributed by atoms with Crippen molar-refractivity contribution in [2.75, 3.05) is 26.2 Å². The van der Waals surface area contributed by atoms with Crippen molar-refractivity contribution >= 4 is 16.8 Å². The number of carbonyl (C=O) groups is 1. The summed E-state index contributed by atoms with van der Waals surface area (Å²) < 4.78 is 1.53. The number of fused-ring (bicyclic) bond motifs is 1. The first-order chi connectivity index (χ1) is 13.9. The number of hydrogen-bond donors (Lipinski definition) is 1. The zero-order valence-corrected chi connectivity index (χ0v) is 18.0. The predicted molar refractivity (Wildman–Crippen MR) is 117 cm³/mol. The number of aryl methyl sites for hydroxylation is 2. The Labute approximate surface area is 173 Å². The number of rotatable bonds is 8. The molecule has 1 fully saturated rings. The largest absolute Gasteiger partial charge is 0.356 e. The number of hydrogen-bond acceptors (Lipinski definition) is 4. The molecule has 1 aliphatic rings. The molecule has 1 aliphatic heterocycles. The minimum atomic E-state index is -0.0866. The van der Waals surface area contributed by atoms with Gasteiger partial charge < -0.3 is 10.2 Å². The van der Waals surface area contributed by atoms with Crippen LogP contribution in [0.1, 0.15) is 45.1 Å². The van der Waals surface area contributed by atoms with Crippen LogP contribution < -0.4 is 10.9 Å². The quantitative estimate of drug-likeness (QED) is 0.694. The lowest BCUT2D eigenvalue weighted by atomic mass is 9.92. The summed E-state index contributed by atoms with van der Waals surface area (Å²) >= 11 is 0. The van der Waals surface area contributed by atoms with Crippen LogP contribution in [-0.4, -0.2) is 46.5 Å². The van der Waals surface area contributed by atoms with E-state index < -0.39 is 0 Å². The van der Waals surface area contributed by atoms with Gasteiger partial charge in [0.1, 0.15) is 0 Å². The van der Waals surface area contributed by atoms with E-state index in [1.807, 2.05) is 19.1 Å². The van der Waals surface area contributed by atoms with Crippen molar-refractivity contribution in [2.24, 2.45) is 11.8 Å². The van der Waals surface area contributed by atoms with Crippen LogP contribution in [-0.2, 0) is 11.3 Å². The Morgan fingerprint density at radius 3 is 2.69 bits per heavy atom. The fourth-order valence-corrected chi connectivity index (χ4v) is 4.47. The van der Waals surface area contributed by atoms with Crippen molar-refractivity contribution in [3.8, 4) is 0 Å². The molecule has 6 nitrogen and oxygen atoms in total. The Balaban J connectivity index is 1.38. The molecule has 1 N–H and O–H groups in total. The topological polar surface area (TPSA) is 67.2 Å². The molecule has 2 aromatic rings. The molecule has 2 unspecified atom stereocenters. The molecule has 29 heavy (non-hydrogen) atoms. The highest BCUT2D eigenvalue weighted by Crippen LogP contribution is 2.20. The summed E-state index contributed by atoms with van der Waals surface area (Å²) in [7, 11) is 0. The SMILES string of the molecule is Cc1cccc2c(=O)n(CCC(=O)NCCCCN3CC(C)CC(C)C3)cnc12. The lowest BCUT2D eigenvalue weighted by molar-refractivity contribution is -0.121. The second kappa shape index (κ2) is 10.0. The Morgan fingerprint density at radius 2 is 1.93 bits per heavy atom. The first kappa shape index (κ1) is 21.5. The molecule has 0 saturated carbocycles. The average molecular weight is 399 g/mol. The van der Waals surface area contributed by atoms with Gasteiger partial charge in [-0.1, -0.05) is 26.0 Å². The van der Waals surface area contributed by atoms with E-state index in [9.17, 15) is 9.59 Å². The van der Waals surface area contributed by atoms with Crippen molar-refractivity contribution in [2.45, 2.75) is 53.0 Å². The molecule has 1 aromatic heterocycles. The summed E-state index contributed by atoms with van der Waals surface area (Å²) in [6.45, 7) is 11.2. The Hall–Kier alpha value is -2.21. The van der Waals surface area contributed by atoms with Crippen LogP contribution >= 0.6 is 0 Å². The highest BCUT2D eigenvalue weighted by atomic mass is 16.1. The molecule has 0 bridgehead atoms. The zero-order valence-electron chi connectivity index (χ0n) is 18.0. The van der Waals surface area contributed by atoms with E-state index >= 15 is 0 Å². The van der Waals surface area contributed by atoms with E-state index in [1.54, 1.807) is 12.4 Å². The van der Waals surface area contributed by atoms with Gasteiger partial charge in [0, 0.05) is 32.6 Å². The zero-order chi connectivity index (χ0) is 20.8. The van der Waals surface area contributed by atoms with Gasteiger partial charge in [-0.25, -0.2) is 4.98 Å². The van der Waals surface area contributed by atoms with Gasteiger partial charge in [0.15, 0.2) is 0 Å². The van der Waals surface area contributed by atoms with Crippen LogP contribution in [0, 0.1) is 18.8 Å². The molecule has 2 heterocycles. The smallest absolute Gasteiger partial charge is 0.261 e. The van der Waals surface area contributed by atoms with E-state index in [-0.39, 0.29) is 11.5 Å². The van der Waals surface area contributed by atoms with Crippen molar-refractivity contribution in [3.05, 3.63) is 40.4 Å². The summed E-state index contributed by atoms with van der Waals surface area (Å²) in [5.74, 6) is 1.56. The van der Waals surface area contributed by atoms with Crippen LogP contribution in [0.4, 0.5) is 0 Å². The average Bonchev–Trinajstić information content (AvgIpc) is 2.67. The number of carbonyl (C=O) groups excluding carboxylic acids is 1. The number of benzene rings is 1. The number of piperidine rings is 1. The maximum Gasteiger partial charge on any atom is 0.261 e. The number of nitrogens with zero attached hydrogens (tertiary/aromatic N) is 3. The third kappa shape index (κ3) is 5.89.